The predicted octanol–water partition coefficient (Wildman–Crippen LogP) is 10.8. The van der Waals surface area contributed by atoms with Crippen LogP contribution in [0.25, 0.3) is 43.2 Å². The second-order valence-corrected chi connectivity index (χ2v) is 19.9. The first-order valence-electron chi connectivity index (χ1n) is 22.5. The van der Waals surface area contributed by atoms with Crippen LogP contribution in [0, 0.1) is 36.0 Å². The molecule has 2 aliphatic heterocycles. The highest BCUT2D eigenvalue weighted by molar-refractivity contribution is 7.22. The minimum atomic E-state index is -1.41. The molecule has 4 amide bonds. The highest BCUT2D eigenvalue weighted by Crippen LogP contribution is 2.65. The number of amides is 4. The van der Waals surface area contributed by atoms with Crippen molar-refractivity contribution in [2.24, 2.45) is 36.1 Å². The van der Waals surface area contributed by atoms with Gasteiger partial charge in [0.15, 0.2) is 5.58 Å². The van der Waals surface area contributed by atoms with Crippen LogP contribution in [0.2, 0.25) is 5.02 Å². The third-order valence-corrected chi connectivity index (χ3v) is 16.2. The predicted molar refractivity (Wildman–Crippen MR) is 259 cm³/mol. The van der Waals surface area contributed by atoms with E-state index in [1.54, 1.807) is 72.5 Å². The van der Waals surface area contributed by atoms with Crippen molar-refractivity contribution in [1.29, 1.82) is 0 Å². The maximum atomic E-state index is 15.5. The molecule has 5 heterocycles. The number of oxazole rings is 1. The summed E-state index contributed by atoms with van der Waals surface area (Å²) in [5.74, 6) is -4.39. The molecule has 2 saturated heterocycles. The normalized spacial score (nSPS) is 23.4. The van der Waals surface area contributed by atoms with Crippen LogP contribution >= 0.6 is 22.9 Å². The van der Waals surface area contributed by atoms with Gasteiger partial charge in [-0.05, 0) is 110 Å². The van der Waals surface area contributed by atoms with Crippen molar-refractivity contribution in [2.45, 2.75) is 39.2 Å². The van der Waals surface area contributed by atoms with Crippen molar-refractivity contribution in [3.8, 4) is 33.5 Å². The van der Waals surface area contributed by atoms with Crippen LogP contribution in [0.1, 0.15) is 42.4 Å². The minimum absolute atomic E-state index is 0.111. The van der Waals surface area contributed by atoms with Gasteiger partial charge in [-0.15, -0.1) is 11.3 Å². The summed E-state index contributed by atoms with van der Waals surface area (Å²) in [6.45, 7) is 4.08. The third-order valence-electron chi connectivity index (χ3n) is 14.7. The van der Waals surface area contributed by atoms with Gasteiger partial charge < -0.3 is 14.3 Å². The molecule has 6 unspecified atom stereocenters. The number of aromatic hydroxyl groups is 1. The number of aryl methyl sites for hydroxylation is 2. The number of aromatic nitrogens is 3. The first-order valence-corrected chi connectivity index (χ1v) is 23.7. The minimum Gasteiger partial charge on any atom is -0.508 e. The van der Waals surface area contributed by atoms with E-state index in [2.05, 4.69) is 4.98 Å². The lowest BCUT2D eigenvalue weighted by Gasteiger charge is -2.49. The Morgan fingerprint density at radius 1 is 0.868 bits per heavy atom. The lowest BCUT2D eigenvalue weighted by molar-refractivity contribution is -0.131. The Hall–Kier alpha value is -7.35. The van der Waals surface area contributed by atoms with Crippen LogP contribution in [0.4, 0.5) is 11.5 Å². The van der Waals surface area contributed by atoms with E-state index >= 15 is 9.59 Å². The van der Waals surface area contributed by atoms with Crippen LogP contribution in [0.5, 0.6) is 11.5 Å². The average Bonchev–Trinajstić information content (AvgIpc) is 4.13. The molecule has 12 rings (SSSR count). The second kappa shape index (κ2) is 15.6. The molecule has 0 spiro atoms. The number of hydrogen-bond acceptors (Lipinski definition) is 10. The number of thiophene rings is 1. The maximum absolute atomic E-state index is 15.5. The summed E-state index contributed by atoms with van der Waals surface area (Å²) in [6, 6.07) is 36.7. The fourth-order valence-corrected chi connectivity index (χ4v) is 12.7. The van der Waals surface area contributed by atoms with Gasteiger partial charge >= 0.3 is 0 Å². The summed E-state index contributed by atoms with van der Waals surface area (Å²) in [4.78, 5) is 68.0. The molecular weight excluding hydrogens is 898 g/mol. The van der Waals surface area contributed by atoms with Crippen LogP contribution in [0.15, 0.2) is 137 Å². The lowest BCUT2D eigenvalue weighted by Crippen LogP contribution is -2.49. The molecule has 2 aliphatic carbocycles. The van der Waals surface area contributed by atoms with Gasteiger partial charge in [0.05, 0.1) is 33.7 Å². The number of carbonyl (C=O) groups is 4. The summed E-state index contributed by atoms with van der Waals surface area (Å²) in [5, 5.41) is 18.5. The van der Waals surface area contributed by atoms with Gasteiger partial charge in [-0.3, -0.25) is 28.8 Å². The Morgan fingerprint density at radius 2 is 1.65 bits per heavy atom. The van der Waals surface area contributed by atoms with Crippen molar-refractivity contribution < 1.29 is 33.4 Å². The summed E-state index contributed by atoms with van der Waals surface area (Å²) >= 11 is 7.93. The zero-order chi connectivity index (χ0) is 46.7. The zero-order valence-electron chi connectivity index (χ0n) is 37.1. The van der Waals surface area contributed by atoms with Gasteiger partial charge in [-0.25, -0.2) is 9.88 Å². The fourth-order valence-electron chi connectivity index (χ4n) is 11.4. The number of allylic oxidation sites excluding steroid dienone is 2. The Labute approximate surface area is 399 Å². The van der Waals surface area contributed by atoms with Crippen LogP contribution in [-0.4, -0.2) is 43.5 Å². The van der Waals surface area contributed by atoms with Crippen molar-refractivity contribution >= 4 is 79.3 Å². The number of nitrogens with zero attached hydrogens (tertiary/aromatic N) is 5. The third kappa shape index (κ3) is 6.32. The zero-order valence-corrected chi connectivity index (χ0v) is 38.6. The molecule has 3 fully saturated rings. The summed E-state index contributed by atoms with van der Waals surface area (Å²) in [7, 11) is 1.71. The highest BCUT2D eigenvalue weighted by atomic mass is 35.5. The van der Waals surface area contributed by atoms with Gasteiger partial charge in [-0.1, -0.05) is 71.8 Å². The van der Waals surface area contributed by atoms with Crippen LogP contribution in [0.3, 0.4) is 0 Å². The number of imide groups is 2. The highest BCUT2D eigenvalue weighted by Gasteiger charge is 2.68. The molecule has 0 bridgehead atoms. The van der Waals surface area contributed by atoms with E-state index in [0.29, 0.717) is 50.6 Å². The molecule has 12 nitrogen and oxygen atoms in total. The standard InChI is InChI=1S/C54H42ClN5O7S/c1-28-37-23-31(55)15-22-44(37)68-48(28)41-26-45(58(3)57-41)60-51(63)39-25-38-34(47(54(39,2)53(60)65)35-19-18-33(24-42(35)61)66-27-29-9-5-4-6-10-29)20-21-36-46(38)52(64)59(50(36)62)32-16-13-30(14-17-32)49-56-40-11-7-8-12-43(40)67-49/h4-20,22-24,26,36,38-39,46-47,61H,21,25,27H2,1-3H3. The van der Waals surface area contributed by atoms with Crippen molar-refractivity contribution in [2.75, 3.05) is 9.80 Å². The molecule has 14 heteroatoms. The average molecular weight is 940 g/mol. The van der Waals surface area contributed by atoms with Gasteiger partial charge in [0.25, 0.3) is 0 Å². The molecule has 3 aromatic heterocycles. The quantitative estimate of drug-likeness (QED) is 0.116. The number of para-hydroxylation sites is 2. The maximum Gasteiger partial charge on any atom is 0.242 e. The number of carbonyl (C=O) groups excluding carboxylic acids is 4. The molecule has 8 aromatic rings. The van der Waals surface area contributed by atoms with E-state index in [1.807, 2.05) is 85.8 Å². The monoisotopic (exact) mass is 939 g/mol. The summed E-state index contributed by atoms with van der Waals surface area (Å²) in [5.41, 5.74) is 4.78. The van der Waals surface area contributed by atoms with E-state index in [0.717, 1.165) is 37.2 Å². The number of hydrogen-bond donors (Lipinski definition) is 1. The number of halogens is 1. The Balaban J connectivity index is 0.917. The molecule has 6 atom stereocenters. The SMILES string of the molecule is Cc1c(-c2cc(N3C(=O)C4CC5C(=CCC6C(=O)N(c7ccc(-c8nc9ccccc9o8)cc7)C(=O)C65)C(c5ccc(OCc6ccccc6)cc5O)C4(C)C3=O)n(C)n2)sc2ccc(Cl)cc12. The fraction of sp³-hybridized carbons (Fsp3) is 0.222. The van der Waals surface area contributed by atoms with E-state index in [4.69, 9.17) is 25.9 Å². The molecule has 5 aromatic carbocycles. The molecule has 68 heavy (non-hydrogen) atoms. The van der Waals surface area contributed by atoms with Gasteiger partial charge in [0.2, 0.25) is 29.5 Å². The summed E-state index contributed by atoms with van der Waals surface area (Å²) < 4.78 is 14.7. The van der Waals surface area contributed by atoms with E-state index < -0.39 is 46.8 Å². The van der Waals surface area contributed by atoms with Crippen LogP contribution < -0.4 is 14.5 Å². The number of anilines is 2. The van der Waals surface area contributed by atoms with Crippen molar-refractivity contribution in [3.63, 3.8) is 0 Å². The van der Waals surface area contributed by atoms with Gasteiger partial charge in [0.1, 0.15) is 35.1 Å². The largest absolute Gasteiger partial charge is 0.508 e. The number of fused-ring (bicyclic) bond motifs is 6. The molecule has 0 radical (unpaired) electrons. The smallest absolute Gasteiger partial charge is 0.242 e. The van der Waals surface area contributed by atoms with Crippen LogP contribution in [-0.2, 0) is 32.8 Å². The van der Waals surface area contributed by atoms with E-state index in [-0.39, 0.29) is 37.0 Å². The number of benzene rings is 5. The van der Waals surface area contributed by atoms with Crippen molar-refractivity contribution in [3.05, 3.63) is 155 Å². The molecule has 1 saturated carbocycles. The molecule has 338 valence electrons. The second-order valence-electron chi connectivity index (χ2n) is 18.4. The lowest BCUT2D eigenvalue weighted by atomic mass is 9.51. The number of phenols is 1. The first kappa shape index (κ1) is 42.0. The Morgan fingerprint density at radius 3 is 2.43 bits per heavy atom. The van der Waals surface area contributed by atoms with Gasteiger partial charge in [-0.2, -0.15) is 5.10 Å². The summed E-state index contributed by atoms with van der Waals surface area (Å²) in [6.07, 6.45) is 2.36. The molecule has 4 aliphatic rings. The Bertz CT molecular complexity index is 3440. The number of phenolic OH excluding ortho intramolecular Hbond substituents is 1. The number of rotatable bonds is 8. The molecule has 1 N–H and O–H groups in total. The van der Waals surface area contributed by atoms with E-state index in [1.165, 1.54) is 15.9 Å². The first-order chi connectivity index (χ1) is 32.9. The van der Waals surface area contributed by atoms with Gasteiger partial charge in [0, 0.05) is 45.9 Å². The van der Waals surface area contributed by atoms with Crippen molar-refractivity contribution in [1.82, 2.24) is 14.8 Å². The van der Waals surface area contributed by atoms with E-state index in [9.17, 15) is 14.7 Å². The molecular formula is C54H42ClN5O7S. The topological polar surface area (TPSA) is 148 Å². The Kier molecular flexibility index (Phi) is 9.65. The number of ether oxygens (including phenoxy) is 1.